The van der Waals surface area contributed by atoms with E-state index in [2.05, 4.69) is 13.1 Å². The van der Waals surface area contributed by atoms with E-state index in [1.54, 1.807) is 12.1 Å². The van der Waals surface area contributed by atoms with Crippen LogP contribution in [0.15, 0.2) is 0 Å². The summed E-state index contributed by atoms with van der Waals surface area (Å²) in [6.07, 6.45) is 4.56. The molecule has 0 bridgehead atoms. The van der Waals surface area contributed by atoms with Gasteiger partial charge in [0.2, 0.25) is 0 Å². The van der Waals surface area contributed by atoms with Crippen LogP contribution < -0.4 is 24.8 Å². The van der Waals surface area contributed by atoms with Gasteiger partial charge in [-0.1, -0.05) is 44.4 Å². The van der Waals surface area contributed by atoms with Crippen LogP contribution in [-0.4, -0.2) is 31.1 Å². The molecule has 0 aromatic carbocycles. The molecule has 1 heterocycles. The van der Waals surface area contributed by atoms with E-state index in [1.165, 1.54) is 19.3 Å². The van der Waals surface area contributed by atoms with Gasteiger partial charge < -0.3 is 24.8 Å². The van der Waals surface area contributed by atoms with Crippen molar-refractivity contribution in [1.82, 2.24) is 0 Å². The van der Waals surface area contributed by atoms with Crippen LogP contribution in [0.1, 0.15) is 19.3 Å². The zero-order valence-electron chi connectivity index (χ0n) is 7.50. The summed E-state index contributed by atoms with van der Waals surface area (Å²) in [7, 11) is -0.590. The first-order valence-electron chi connectivity index (χ1n) is 3.71. The third-order valence-corrected chi connectivity index (χ3v) is 5.62. The van der Waals surface area contributed by atoms with Crippen LogP contribution in [0.5, 0.6) is 0 Å². The van der Waals surface area contributed by atoms with Gasteiger partial charge in [0, 0.05) is 8.07 Å². The van der Waals surface area contributed by atoms with E-state index < -0.39 is 8.07 Å². The van der Waals surface area contributed by atoms with Gasteiger partial charge in [0.05, 0.1) is 0 Å². The summed E-state index contributed by atoms with van der Waals surface area (Å²) in [4.78, 5) is 0. The second-order valence-electron chi connectivity index (χ2n) is 3.72. The second-order valence-corrected chi connectivity index (χ2v) is 9.05. The molecule has 0 N–H and O–H groups in total. The summed E-state index contributed by atoms with van der Waals surface area (Å²) < 4.78 is 0. The fourth-order valence-electron chi connectivity index (χ4n) is 1.51. The molecule has 0 spiro atoms. The van der Waals surface area contributed by atoms with Gasteiger partial charge >= 0.3 is 23.1 Å². The molecule has 0 nitrogen and oxygen atoms in total. The molecule has 1 aliphatic rings. The fourth-order valence-corrected chi connectivity index (χ4v) is 4.17. The molecule has 0 unspecified atom stereocenters. The Morgan fingerprint density at radius 2 is 1.18 bits per heavy atom. The van der Waals surface area contributed by atoms with Crippen molar-refractivity contribution >= 4 is 31.1 Å². The smallest absolute Gasteiger partial charge is 1.00 e. The standard InChI is InChI=1S/C7H16Si.2ClH.Mg/c1-8(2)6-4-3-5-7-8;;;/h3-7H2,1-2H3;2*1H;/q;;;+2/p-2. The van der Waals surface area contributed by atoms with Crippen molar-refractivity contribution in [2.75, 3.05) is 0 Å². The minimum Gasteiger partial charge on any atom is -1.00 e. The normalized spacial score (nSPS) is 20.2. The average Bonchev–Trinajstić information content (AvgIpc) is 1.65. The fraction of sp³-hybridized carbons (Fsp3) is 1.00. The first-order valence-corrected chi connectivity index (χ1v) is 7.12. The predicted octanol–water partition coefficient (Wildman–Crippen LogP) is -3.49. The van der Waals surface area contributed by atoms with Crippen LogP contribution >= 0.6 is 0 Å². The molecule has 64 valence electrons. The second kappa shape index (κ2) is 8.17. The zero-order chi connectivity index (χ0) is 6.04. The Morgan fingerprint density at radius 1 is 0.818 bits per heavy atom. The van der Waals surface area contributed by atoms with Crippen molar-refractivity contribution in [1.29, 1.82) is 0 Å². The molecular weight excluding hydrogens is 207 g/mol. The van der Waals surface area contributed by atoms with Crippen molar-refractivity contribution < 1.29 is 24.8 Å². The number of rotatable bonds is 0. The summed E-state index contributed by atoms with van der Waals surface area (Å²) >= 11 is 0. The van der Waals surface area contributed by atoms with Crippen LogP contribution in [-0.2, 0) is 0 Å². The first-order chi connectivity index (χ1) is 3.71. The van der Waals surface area contributed by atoms with Gasteiger partial charge in [0.1, 0.15) is 0 Å². The third kappa shape index (κ3) is 7.91. The summed E-state index contributed by atoms with van der Waals surface area (Å²) in [5.41, 5.74) is 0. The molecule has 0 aromatic heterocycles. The monoisotopic (exact) mass is 222 g/mol. The summed E-state index contributed by atoms with van der Waals surface area (Å²) in [5.74, 6) is 0. The Balaban J connectivity index is -0.000000213. The topological polar surface area (TPSA) is 0 Å². The van der Waals surface area contributed by atoms with E-state index in [4.69, 9.17) is 0 Å². The molecule has 0 atom stereocenters. The summed E-state index contributed by atoms with van der Waals surface area (Å²) in [6, 6.07) is 3.18. The molecule has 1 fully saturated rings. The van der Waals surface area contributed by atoms with E-state index in [0.717, 1.165) is 0 Å². The molecule has 11 heavy (non-hydrogen) atoms. The van der Waals surface area contributed by atoms with Gasteiger partial charge in [0.15, 0.2) is 0 Å². The van der Waals surface area contributed by atoms with Crippen molar-refractivity contribution in [3.8, 4) is 0 Å². The first kappa shape index (κ1) is 18.4. The van der Waals surface area contributed by atoms with Gasteiger partial charge in [0.25, 0.3) is 0 Å². The van der Waals surface area contributed by atoms with Crippen molar-refractivity contribution in [2.45, 2.75) is 44.4 Å². The molecule has 1 aliphatic heterocycles. The summed E-state index contributed by atoms with van der Waals surface area (Å²) in [5, 5.41) is 0. The number of halogens is 2. The quantitative estimate of drug-likeness (QED) is 0.374. The minimum absolute atomic E-state index is 0. The Bertz CT molecular complexity index is 80.5. The average molecular weight is 224 g/mol. The van der Waals surface area contributed by atoms with E-state index >= 15 is 0 Å². The van der Waals surface area contributed by atoms with Gasteiger partial charge in [-0.3, -0.25) is 0 Å². The molecular formula is C7H16Cl2MgSi. The predicted molar refractivity (Wildman–Crippen MR) is 46.7 cm³/mol. The van der Waals surface area contributed by atoms with E-state index in [0.29, 0.717) is 0 Å². The van der Waals surface area contributed by atoms with Gasteiger partial charge in [-0.2, -0.15) is 0 Å². The SMILES string of the molecule is C[Si]1(C)CCCCC1.[Cl-].[Cl-].[Mg+2]. The minimum atomic E-state index is -0.590. The Labute approximate surface area is 99.9 Å². The molecule has 0 saturated carbocycles. The number of hydrogen-bond donors (Lipinski definition) is 0. The van der Waals surface area contributed by atoms with Crippen molar-refractivity contribution in [3.05, 3.63) is 0 Å². The third-order valence-electron chi connectivity index (χ3n) is 2.21. The van der Waals surface area contributed by atoms with Gasteiger partial charge in [-0.05, 0) is 0 Å². The van der Waals surface area contributed by atoms with Crippen LogP contribution in [0, 0.1) is 0 Å². The van der Waals surface area contributed by atoms with Crippen molar-refractivity contribution in [2.24, 2.45) is 0 Å². The maximum atomic E-state index is 2.52. The Hall–Kier alpha value is 1.56. The van der Waals surface area contributed by atoms with Gasteiger partial charge in [-0.15, -0.1) is 0 Å². The molecule has 1 rings (SSSR count). The largest absolute Gasteiger partial charge is 2.00 e. The van der Waals surface area contributed by atoms with Crippen LogP contribution in [0.2, 0.25) is 25.2 Å². The van der Waals surface area contributed by atoms with E-state index in [9.17, 15) is 0 Å². The molecule has 1 saturated heterocycles. The van der Waals surface area contributed by atoms with Crippen LogP contribution in [0.25, 0.3) is 0 Å². The molecule has 0 amide bonds. The van der Waals surface area contributed by atoms with E-state index in [-0.39, 0.29) is 47.9 Å². The maximum absolute atomic E-state index is 2.52. The number of hydrogen-bond acceptors (Lipinski definition) is 0. The molecule has 4 heteroatoms. The maximum Gasteiger partial charge on any atom is 2.00 e. The molecule has 0 radical (unpaired) electrons. The Morgan fingerprint density at radius 3 is 1.36 bits per heavy atom. The molecule has 0 aliphatic carbocycles. The van der Waals surface area contributed by atoms with Crippen LogP contribution in [0.3, 0.4) is 0 Å². The Kier molecular flexibility index (Phi) is 13.6. The molecule has 0 aromatic rings. The summed E-state index contributed by atoms with van der Waals surface area (Å²) in [6.45, 7) is 5.04. The van der Waals surface area contributed by atoms with E-state index in [1.807, 2.05) is 0 Å². The van der Waals surface area contributed by atoms with Crippen molar-refractivity contribution in [3.63, 3.8) is 0 Å². The zero-order valence-corrected chi connectivity index (χ0v) is 11.4. The van der Waals surface area contributed by atoms with Gasteiger partial charge in [-0.25, -0.2) is 0 Å². The van der Waals surface area contributed by atoms with Crippen LogP contribution in [0.4, 0.5) is 0 Å².